The first-order valence-corrected chi connectivity index (χ1v) is 5.69. The van der Waals surface area contributed by atoms with Crippen LogP contribution >= 0.6 is 11.6 Å². The van der Waals surface area contributed by atoms with Gasteiger partial charge in [-0.2, -0.15) is 0 Å². The van der Waals surface area contributed by atoms with Gasteiger partial charge < -0.3 is 10.4 Å². The van der Waals surface area contributed by atoms with Gasteiger partial charge in [0.2, 0.25) is 0 Å². The monoisotopic (exact) mass is 259 g/mol. The SMILES string of the molecule is CC(C)[C@@H](NCc1ccc(F)cc1Cl)C(=O)O. The van der Waals surface area contributed by atoms with Gasteiger partial charge in [0.05, 0.1) is 0 Å². The van der Waals surface area contributed by atoms with Gasteiger partial charge in [-0.05, 0) is 23.6 Å². The van der Waals surface area contributed by atoms with Gasteiger partial charge in [0.15, 0.2) is 0 Å². The number of hydrogen-bond acceptors (Lipinski definition) is 2. The molecule has 0 aromatic heterocycles. The molecule has 1 rings (SSSR count). The van der Waals surface area contributed by atoms with Crippen LogP contribution in [0.3, 0.4) is 0 Å². The average molecular weight is 260 g/mol. The minimum atomic E-state index is -0.904. The molecule has 0 radical (unpaired) electrons. The summed E-state index contributed by atoms with van der Waals surface area (Å²) in [6.45, 7) is 3.93. The second-order valence-electron chi connectivity index (χ2n) is 4.18. The molecule has 0 saturated carbocycles. The predicted molar refractivity (Wildman–Crippen MR) is 64.5 cm³/mol. The third-order valence-corrected chi connectivity index (χ3v) is 2.81. The van der Waals surface area contributed by atoms with E-state index in [4.69, 9.17) is 16.7 Å². The van der Waals surface area contributed by atoms with Crippen LogP contribution in [0.2, 0.25) is 5.02 Å². The van der Waals surface area contributed by atoms with Crippen molar-refractivity contribution >= 4 is 17.6 Å². The molecule has 0 aliphatic rings. The number of hydrogen-bond donors (Lipinski definition) is 2. The Labute approximate surface area is 105 Å². The van der Waals surface area contributed by atoms with E-state index < -0.39 is 17.8 Å². The van der Waals surface area contributed by atoms with E-state index in [9.17, 15) is 9.18 Å². The maximum atomic E-state index is 12.8. The molecule has 3 nitrogen and oxygen atoms in total. The van der Waals surface area contributed by atoms with Gasteiger partial charge in [-0.3, -0.25) is 4.79 Å². The van der Waals surface area contributed by atoms with Gasteiger partial charge in [0.25, 0.3) is 0 Å². The highest BCUT2D eigenvalue weighted by Gasteiger charge is 2.20. The zero-order valence-corrected chi connectivity index (χ0v) is 10.5. The summed E-state index contributed by atoms with van der Waals surface area (Å²) in [6.07, 6.45) is 0. The van der Waals surface area contributed by atoms with Crippen LogP contribution in [-0.4, -0.2) is 17.1 Å². The lowest BCUT2D eigenvalue weighted by Gasteiger charge is -2.18. The fraction of sp³-hybridized carbons (Fsp3) is 0.417. The maximum Gasteiger partial charge on any atom is 0.320 e. The summed E-state index contributed by atoms with van der Waals surface area (Å²) in [4.78, 5) is 10.9. The van der Waals surface area contributed by atoms with Crippen LogP contribution in [0.4, 0.5) is 4.39 Å². The lowest BCUT2D eigenvalue weighted by atomic mass is 10.0. The van der Waals surface area contributed by atoms with Crippen molar-refractivity contribution in [3.63, 3.8) is 0 Å². The fourth-order valence-electron chi connectivity index (χ4n) is 1.49. The van der Waals surface area contributed by atoms with Gasteiger partial charge in [-0.15, -0.1) is 0 Å². The summed E-state index contributed by atoms with van der Waals surface area (Å²) >= 11 is 5.84. The molecule has 1 aromatic carbocycles. The molecule has 5 heteroatoms. The Hall–Kier alpha value is -1.13. The number of rotatable bonds is 5. The second-order valence-corrected chi connectivity index (χ2v) is 4.58. The first-order chi connectivity index (χ1) is 7.91. The summed E-state index contributed by atoms with van der Waals surface area (Å²) in [7, 11) is 0. The van der Waals surface area contributed by atoms with Crippen molar-refractivity contribution in [1.29, 1.82) is 0 Å². The first-order valence-electron chi connectivity index (χ1n) is 5.32. The Morgan fingerprint density at radius 1 is 1.53 bits per heavy atom. The van der Waals surface area contributed by atoms with Gasteiger partial charge in [0.1, 0.15) is 11.9 Å². The van der Waals surface area contributed by atoms with E-state index in [0.29, 0.717) is 17.1 Å². The lowest BCUT2D eigenvalue weighted by Crippen LogP contribution is -2.40. The zero-order valence-electron chi connectivity index (χ0n) is 9.71. The normalized spacial score (nSPS) is 12.8. The van der Waals surface area contributed by atoms with E-state index in [1.165, 1.54) is 12.1 Å². The molecule has 0 heterocycles. The molecule has 0 aliphatic carbocycles. The number of nitrogens with one attached hydrogen (secondary N) is 1. The van der Waals surface area contributed by atoms with Gasteiger partial charge in [-0.1, -0.05) is 31.5 Å². The van der Waals surface area contributed by atoms with Crippen LogP contribution in [0.1, 0.15) is 19.4 Å². The largest absolute Gasteiger partial charge is 0.480 e. The molecule has 2 N–H and O–H groups in total. The van der Waals surface area contributed by atoms with Crippen molar-refractivity contribution in [3.8, 4) is 0 Å². The quantitative estimate of drug-likeness (QED) is 0.855. The van der Waals surface area contributed by atoms with Crippen molar-refractivity contribution in [2.45, 2.75) is 26.4 Å². The van der Waals surface area contributed by atoms with Crippen LogP contribution in [0, 0.1) is 11.7 Å². The molecule has 94 valence electrons. The Bertz CT molecular complexity index is 409. The molecule has 0 saturated heterocycles. The maximum absolute atomic E-state index is 12.8. The van der Waals surface area contributed by atoms with Gasteiger partial charge in [-0.25, -0.2) is 4.39 Å². The van der Waals surface area contributed by atoms with Crippen LogP contribution in [0.5, 0.6) is 0 Å². The van der Waals surface area contributed by atoms with Crippen molar-refractivity contribution < 1.29 is 14.3 Å². The summed E-state index contributed by atoms with van der Waals surface area (Å²) in [5.41, 5.74) is 0.681. The number of benzene rings is 1. The molecule has 17 heavy (non-hydrogen) atoms. The number of carboxylic acids is 1. The topological polar surface area (TPSA) is 49.3 Å². The molecule has 1 aromatic rings. The van der Waals surface area contributed by atoms with E-state index in [1.807, 2.05) is 13.8 Å². The van der Waals surface area contributed by atoms with Crippen molar-refractivity contribution in [2.24, 2.45) is 5.92 Å². The molecule has 0 spiro atoms. The Morgan fingerprint density at radius 2 is 2.18 bits per heavy atom. The molecular weight excluding hydrogens is 245 g/mol. The highest BCUT2D eigenvalue weighted by atomic mass is 35.5. The molecule has 0 amide bonds. The third-order valence-electron chi connectivity index (χ3n) is 2.46. The summed E-state index contributed by atoms with van der Waals surface area (Å²) in [6, 6.07) is 3.41. The van der Waals surface area contributed by atoms with Crippen molar-refractivity contribution in [1.82, 2.24) is 5.32 Å². The first kappa shape index (κ1) is 13.9. The average Bonchev–Trinajstić information content (AvgIpc) is 2.20. The molecular formula is C12H15ClFNO2. The fourth-order valence-corrected chi connectivity index (χ4v) is 1.73. The second kappa shape index (κ2) is 5.98. The molecule has 0 bridgehead atoms. The van der Waals surface area contributed by atoms with E-state index in [-0.39, 0.29) is 5.92 Å². The lowest BCUT2D eigenvalue weighted by molar-refractivity contribution is -0.140. The highest BCUT2D eigenvalue weighted by molar-refractivity contribution is 6.31. The van der Waals surface area contributed by atoms with Crippen LogP contribution in [0.25, 0.3) is 0 Å². The van der Waals surface area contributed by atoms with Gasteiger partial charge in [0, 0.05) is 11.6 Å². The minimum Gasteiger partial charge on any atom is -0.480 e. The minimum absolute atomic E-state index is 0.0354. The van der Waals surface area contributed by atoms with Crippen molar-refractivity contribution in [2.75, 3.05) is 0 Å². The standard InChI is InChI=1S/C12H15ClFNO2/c1-7(2)11(12(16)17)15-6-8-3-4-9(14)5-10(8)13/h3-5,7,11,15H,6H2,1-2H3,(H,16,17)/t11-/m1/s1. The molecule has 0 unspecified atom stereocenters. The molecule has 1 atom stereocenters. The highest BCUT2D eigenvalue weighted by Crippen LogP contribution is 2.17. The van der Waals surface area contributed by atoms with E-state index >= 15 is 0 Å². The Balaban J connectivity index is 2.69. The third kappa shape index (κ3) is 3.98. The van der Waals surface area contributed by atoms with Crippen LogP contribution in [-0.2, 0) is 11.3 Å². The number of aliphatic carboxylic acids is 1. The number of carbonyl (C=O) groups is 1. The van der Waals surface area contributed by atoms with E-state index in [0.717, 1.165) is 0 Å². The number of halogens is 2. The summed E-state index contributed by atoms with van der Waals surface area (Å²) in [5.74, 6) is -1.35. The van der Waals surface area contributed by atoms with E-state index in [2.05, 4.69) is 5.32 Å². The van der Waals surface area contributed by atoms with Crippen molar-refractivity contribution in [3.05, 3.63) is 34.6 Å². The molecule has 0 fully saturated rings. The van der Waals surface area contributed by atoms with Crippen LogP contribution < -0.4 is 5.32 Å². The van der Waals surface area contributed by atoms with Gasteiger partial charge >= 0.3 is 5.97 Å². The smallest absolute Gasteiger partial charge is 0.320 e. The summed E-state index contributed by atoms with van der Waals surface area (Å²) < 4.78 is 12.8. The zero-order chi connectivity index (χ0) is 13.0. The summed E-state index contributed by atoms with van der Waals surface area (Å²) in [5, 5.41) is 12.2. The van der Waals surface area contributed by atoms with E-state index in [1.54, 1.807) is 6.07 Å². The van der Waals surface area contributed by atoms with Crippen LogP contribution in [0.15, 0.2) is 18.2 Å². The Morgan fingerprint density at radius 3 is 2.65 bits per heavy atom. The number of carboxylic acid groups (broad SMARTS) is 1. The molecule has 0 aliphatic heterocycles. The Kier molecular flexibility index (Phi) is 4.90. The predicted octanol–water partition coefficient (Wildman–Crippen LogP) is 2.68.